The van der Waals surface area contributed by atoms with Crippen LogP contribution < -0.4 is 10.6 Å². The minimum absolute atomic E-state index is 0.138. The molecule has 0 aliphatic rings. The zero-order valence-corrected chi connectivity index (χ0v) is 8.16. The molecule has 0 atom stereocenters. The fraction of sp³-hybridized carbons (Fsp3) is 0.429. The first-order chi connectivity index (χ1) is 6.60. The molecule has 0 radical (unpaired) electrons. The summed E-state index contributed by atoms with van der Waals surface area (Å²) in [7, 11) is 3.16. The maximum atomic E-state index is 10.7. The summed E-state index contributed by atoms with van der Waals surface area (Å²) in [6, 6.07) is 0. The Hall–Kier alpha value is -1.92. The van der Waals surface area contributed by atoms with E-state index in [2.05, 4.69) is 20.6 Å². The number of anilines is 2. The Kier molecular flexibility index (Phi) is 2.80. The van der Waals surface area contributed by atoms with Gasteiger partial charge in [-0.1, -0.05) is 0 Å². The summed E-state index contributed by atoms with van der Waals surface area (Å²) in [5.41, 5.74) is -0.138. The lowest BCUT2D eigenvalue weighted by Crippen LogP contribution is -2.07. The van der Waals surface area contributed by atoms with E-state index in [1.807, 2.05) is 0 Å². The summed E-state index contributed by atoms with van der Waals surface area (Å²) >= 11 is 0. The van der Waals surface area contributed by atoms with Crippen molar-refractivity contribution >= 4 is 17.3 Å². The second-order valence-electron chi connectivity index (χ2n) is 2.57. The summed E-state index contributed by atoms with van der Waals surface area (Å²) in [6.07, 6.45) is 0. The van der Waals surface area contributed by atoms with Gasteiger partial charge in [0.25, 0.3) is 0 Å². The van der Waals surface area contributed by atoms with Crippen LogP contribution in [0.25, 0.3) is 0 Å². The first-order valence-electron chi connectivity index (χ1n) is 3.98. The van der Waals surface area contributed by atoms with Crippen LogP contribution in [0.3, 0.4) is 0 Å². The highest BCUT2D eigenvalue weighted by atomic mass is 16.6. The Morgan fingerprint density at radius 2 is 1.64 bits per heavy atom. The molecule has 1 heterocycles. The van der Waals surface area contributed by atoms with E-state index in [0.29, 0.717) is 5.82 Å². The van der Waals surface area contributed by atoms with Crippen molar-refractivity contribution in [3.63, 3.8) is 0 Å². The Labute approximate surface area is 80.7 Å². The van der Waals surface area contributed by atoms with Crippen molar-refractivity contribution in [1.29, 1.82) is 0 Å². The fourth-order valence-corrected chi connectivity index (χ4v) is 1.09. The largest absolute Gasteiger partial charge is 0.367 e. The average Bonchev–Trinajstić information content (AvgIpc) is 2.15. The van der Waals surface area contributed by atoms with Gasteiger partial charge in [0.15, 0.2) is 0 Å². The molecule has 1 aromatic heterocycles. The smallest absolute Gasteiger partial charge is 0.353 e. The third kappa shape index (κ3) is 1.70. The summed E-state index contributed by atoms with van der Waals surface area (Å²) < 4.78 is 0. The highest BCUT2D eigenvalue weighted by Crippen LogP contribution is 2.28. The molecule has 2 N–H and O–H groups in total. The molecule has 0 saturated carbocycles. The number of rotatable bonds is 3. The lowest BCUT2D eigenvalue weighted by Gasteiger charge is -2.06. The van der Waals surface area contributed by atoms with E-state index in [1.165, 1.54) is 0 Å². The molecule has 0 aromatic carbocycles. The minimum atomic E-state index is -0.517. The van der Waals surface area contributed by atoms with E-state index in [1.54, 1.807) is 21.0 Å². The number of hydrogen-bond acceptors (Lipinski definition) is 6. The molecule has 1 aromatic rings. The van der Waals surface area contributed by atoms with Crippen LogP contribution in [-0.4, -0.2) is 29.0 Å². The number of hydrogen-bond donors (Lipinski definition) is 2. The van der Waals surface area contributed by atoms with Gasteiger partial charge in [-0.2, -0.15) is 0 Å². The second kappa shape index (κ2) is 3.86. The van der Waals surface area contributed by atoms with E-state index in [4.69, 9.17) is 0 Å². The third-order valence-corrected chi connectivity index (χ3v) is 1.65. The fourth-order valence-electron chi connectivity index (χ4n) is 1.09. The van der Waals surface area contributed by atoms with E-state index in [9.17, 15) is 10.1 Å². The molecule has 1 rings (SSSR count). The van der Waals surface area contributed by atoms with Gasteiger partial charge in [-0.05, 0) is 6.92 Å². The zero-order valence-electron chi connectivity index (χ0n) is 8.16. The number of aryl methyl sites for hydroxylation is 1. The molecule has 7 heteroatoms. The molecular weight excluding hydrogens is 186 g/mol. The van der Waals surface area contributed by atoms with Crippen molar-refractivity contribution in [3.05, 3.63) is 15.9 Å². The molecule has 0 spiro atoms. The predicted molar refractivity (Wildman–Crippen MR) is 52.5 cm³/mol. The van der Waals surface area contributed by atoms with Gasteiger partial charge in [0, 0.05) is 14.1 Å². The zero-order chi connectivity index (χ0) is 10.7. The Morgan fingerprint density at radius 1 is 1.21 bits per heavy atom. The first-order valence-corrected chi connectivity index (χ1v) is 3.98. The highest BCUT2D eigenvalue weighted by Gasteiger charge is 2.22. The van der Waals surface area contributed by atoms with Crippen LogP contribution in [0.1, 0.15) is 5.82 Å². The summed E-state index contributed by atoms with van der Waals surface area (Å²) in [4.78, 5) is 18.0. The van der Waals surface area contributed by atoms with E-state index in [0.717, 1.165) is 0 Å². The van der Waals surface area contributed by atoms with Crippen molar-refractivity contribution < 1.29 is 4.92 Å². The lowest BCUT2D eigenvalue weighted by molar-refractivity contribution is -0.383. The molecule has 76 valence electrons. The summed E-state index contributed by atoms with van der Waals surface area (Å²) in [5, 5.41) is 16.0. The van der Waals surface area contributed by atoms with Gasteiger partial charge >= 0.3 is 5.69 Å². The molecule has 0 aliphatic carbocycles. The van der Waals surface area contributed by atoms with Crippen LogP contribution >= 0.6 is 0 Å². The third-order valence-electron chi connectivity index (χ3n) is 1.65. The quantitative estimate of drug-likeness (QED) is 0.549. The van der Waals surface area contributed by atoms with Crippen LogP contribution in [0.2, 0.25) is 0 Å². The number of nitro groups is 1. The van der Waals surface area contributed by atoms with Crippen LogP contribution in [0.4, 0.5) is 17.3 Å². The van der Waals surface area contributed by atoms with Crippen LogP contribution in [-0.2, 0) is 0 Å². The second-order valence-corrected chi connectivity index (χ2v) is 2.57. The monoisotopic (exact) mass is 197 g/mol. The van der Waals surface area contributed by atoms with Gasteiger partial charge in [-0.15, -0.1) is 0 Å². The normalized spacial score (nSPS) is 9.64. The Morgan fingerprint density at radius 3 is 1.93 bits per heavy atom. The number of nitrogens with one attached hydrogen (secondary N) is 2. The van der Waals surface area contributed by atoms with Crippen LogP contribution in [0.5, 0.6) is 0 Å². The maximum absolute atomic E-state index is 10.7. The molecule has 0 amide bonds. The lowest BCUT2D eigenvalue weighted by atomic mass is 10.4. The summed E-state index contributed by atoms with van der Waals surface area (Å²) in [5.74, 6) is 0.906. The molecule has 14 heavy (non-hydrogen) atoms. The molecule has 7 nitrogen and oxygen atoms in total. The average molecular weight is 197 g/mol. The molecule has 0 bridgehead atoms. The molecule has 0 saturated heterocycles. The topological polar surface area (TPSA) is 93.0 Å². The van der Waals surface area contributed by atoms with Gasteiger partial charge in [-0.25, -0.2) is 9.97 Å². The van der Waals surface area contributed by atoms with E-state index in [-0.39, 0.29) is 17.3 Å². The van der Waals surface area contributed by atoms with Crippen molar-refractivity contribution in [3.8, 4) is 0 Å². The van der Waals surface area contributed by atoms with E-state index >= 15 is 0 Å². The van der Waals surface area contributed by atoms with Gasteiger partial charge in [0.2, 0.25) is 11.6 Å². The van der Waals surface area contributed by atoms with E-state index < -0.39 is 4.92 Å². The molecule has 0 unspecified atom stereocenters. The van der Waals surface area contributed by atoms with Crippen molar-refractivity contribution in [1.82, 2.24) is 9.97 Å². The molecular formula is C7H11N5O2. The first kappa shape index (κ1) is 10.2. The molecule has 0 fully saturated rings. The number of aromatic nitrogens is 2. The van der Waals surface area contributed by atoms with Crippen LogP contribution in [0, 0.1) is 17.0 Å². The van der Waals surface area contributed by atoms with Gasteiger partial charge in [-0.3, -0.25) is 10.1 Å². The maximum Gasteiger partial charge on any atom is 0.353 e. The Bertz CT molecular complexity index is 340. The van der Waals surface area contributed by atoms with Gasteiger partial charge in [0.05, 0.1) is 4.92 Å². The standard InChI is InChI=1S/C7H11N5O2/c1-4-10-6(8-2)5(12(13)14)7(9-3)11-4/h1-3H3,(H2,8,9,10,11). The SMILES string of the molecule is CNc1nc(C)nc(NC)c1[N+](=O)[O-]. The highest BCUT2D eigenvalue weighted by molar-refractivity contribution is 5.69. The van der Waals surface area contributed by atoms with Crippen LogP contribution in [0.15, 0.2) is 0 Å². The van der Waals surface area contributed by atoms with Crippen molar-refractivity contribution in [2.45, 2.75) is 6.92 Å². The molecule has 0 aliphatic heterocycles. The minimum Gasteiger partial charge on any atom is -0.367 e. The summed E-state index contributed by atoms with van der Waals surface area (Å²) in [6.45, 7) is 1.67. The van der Waals surface area contributed by atoms with Gasteiger partial charge < -0.3 is 10.6 Å². The predicted octanol–water partition coefficient (Wildman–Crippen LogP) is 0.777. The van der Waals surface area contributed by atoms with Crippen molar-refractivity contribution in [2.24, 2.45) is 0 Å². The Balaban J connectivity index is 3.40. The van der Waals surface area contributed by atoms with Gasteiger partial charge in [0.1, 0.15) is 5.82 Å². The number of nitrogens with zero attached hydrogens (tertiary/aromatic N) is 3. The van der Waals surface area contributed by atoms with Crippen molar-refractivity contribution in [2.75, 3.05) is 24.7 Å².